The summed E-state index contributed by atoms with van der Waals surface area (Å²) in [5.41, 5.74) is 2.35. The van der Waals surface area contributed by atoms with Gasteiger partial charge in [0.25, 0.3) is 0 Å². The van der Waals surface area contributed by atoms with Gasteiger partial charge in [-0.15, -0.1) is 5.10 Å². The zero-order valence-corrected chi connectivity index (χ0v) is 12.8. The molecule has 108 valence electrons. The molecule has 1 aromatic heterocycles. The molecule has 0 spiro atoms. The summed E-state index contributed by atoms with van der Waals surface area (Å²) in [6.07, 6.45) is 3.57. The number of ether oxygens (including phenoxy) is 1. The molecule has 0 saturated carbocycles. The highest BCUT2D eigenvalue weighted by molar-refractivity contribution is 7.99. The molecule has 1 heterocycles. The number of rotatable bonds is 8. The fourth-order valence-electron chi connectivity index (χ4n) is 1.83. The van der Waals surface area contributed by atoms with Gasteiger partial charge in [-0.2, -0.15) is 4.68 Å². The highest BCUT2D eigenvalue weighted by Crippen LogP contribution is 2.18. The molecule has 0 amide bonds. The third-order valence-electron chi connectivity index (χ3n) is 2.96. The normalized spacial score (nSPS) is 10.9. The van der Waals surface area contributed by atoms with Gasteiger partial charge in [0.2, 0.25) is 5.16 Å². The first kappa shape index (κ1) is 15.0. The summed E-state index contributed by atoms with van der Waals surface area (Å²) < 4.78 is 6.81. The molecule has 0 aliphatic carbocycles. The second kappa shape index (κ2) is 8.01. The first-order valence-electron chi connectivity index (χ1n) is 6.84. The molecule has 0 radical (unpaired) electrons. The zero-order chi connectivity index (χ0) is 14.2. The van der Waals surface area contributed by atoms with E-state index in [4.69, 9.17) is 4.74 Å². The monoisotopic (exact) mass is 292 g/mol. The Bertz CT molecular complexity index is 512. The lowest BCUT2D eigenvalue weighted by molar-refractivity contribution is 0.218. The minimum absolute atomic E-state index is 0.688. The predicted octanol–water partition coefficient (Wildman–Crippen LogP) is 2.74. The molecule has 0 unspecified atom stereocenters. The van der Waals surface area contributed by atoms with E-state index in [1.165, 1.54) is 18.4 Å². The summed E-state index contributed by atoms with van der Waals surface area (Å²) in [5.74, 6) is 0.839. The lowest BCUT2D eigenvalue weighted by atomic mass is 10.1. The maximum absolute atomic E-state index is 5.04. The van der Waals surface area contributed by atoms with Crippen molar-refractivity contribution in [2.45, 2.75) is 31.3 Å². The molecule has 0 bridgehead atoms. The number of nitrogens with zero attached hydrogens (tertiary/aromatic N) is 4. The van der Waals surface area contributed by atoms with Gasteiger partial charge in [0, 0.05) is 12.9 Å². The van der Waals surface area contributed by atoms with E-state index < -0.39 is 0 Å². The van der Waals surface area contributed by atoms with Crippen molar-refractivity contribution >= 4 is 11.8 Å². The quantitative estimate of drug-likeness (QED) is 0.553. The van der Waals surface area contributed by atoms with Crippen LogP contribution in [0.2, 0.25) is 0 Å². The molecule has 2 aromatic rings. The van der Waals surface area contributed by atoms with E-state index in [0.29, 0.717) is 6.61 Å². The first-order valence-corrected chi connectivity index (χ1v) is 7.83. The van der Waals surface area contributed by atoms with E-state index in [0.717, 1.165) is 23.0 Å². The Kier molecular flexibility index (Phi) is 6.01. The number of benzene rings is 1. The highest BCUT2D eigenvalue weighted by Gasteiger charge is 2.08. The van der Waals surface area contributed by atoms with Crippen LogP contribution >= 0.6 is 11.8 Å². The maximum Gasteiger partial charge on any atom is 0.214 e. The van der Waals surface area contributed by atoms with Crippen LogP contribution in [0.25, 0.3) is 5.69 Å². The summed E-state index contributed by atoms with van der Waals surface area (Å²) >= 11 is 1.59. The number of hydrogen-bond acceptors (Lipinski definition) is 5. The van der Waals surface area contributed by atoms with Crippen molar-refractivity contribution in [2.24, 2.45) is 0 Å². The number of unbranched alkanes of at least 4 members (excludes halogenated alkanes) is 1. The standard InChI is InChI=1S/C14H20N4OS/c1-3-4-5-12-6-8-13(9-7-12)18-14(15-16-17-18)20-11-10-19-2/h6-9H,3-5,10-11H2,1-2H3. The number of methoxy groups -OCH3 is 1. The second-order valence-corrected chi connectivity index (χ2v) is 5.55. The molecule has 0 fully saturated rings. The lowest BCUT2D eigenvalue weighted by Crippen LogP contribution is -2.01. The third-order valence-corrected chi connectivity index (χ3v) is 3.84. The Morgan fingerprint density at radius 1 is 1.25 bits per heavy atom. The maximum atomic E-state index is 5.04. The van der Waals surface area contributed by atoms with E-state index in [-0.39, 0.29) is 0 Å². The summed E-state index contributed by atoms with van der Waals surface area (Å²) in [7, 11) is 1.69. The summed E-state index contributed by atoms with van der Waals surface area (Å²) in [6.45, 7) is 2.90. The van der Waals surface area contributed by atoms with Gasteiger partial charge in [-0.25, -0.2) is 0 Å². The minimum Gasteiger partial charge on any atom is -0.384 e. The van der Waals surface area contributed by atoms with Crippen LogP contribution in [0.5, 0.6) is 0 Å². The Labute approximate surface area is 123 Å². The summed E-state index contributed by atoms with van der Waals surface area (Å²) in [4.78, 5) is 0. The van der Waals surface area contributed by atoms with Crippen LogP contribution in [0, 0.1) is 0 Å². The van der Waals surface area contributed by atoms with Crippen molar-refractivity contribution in [1.29, 1.82) is 0 Å². The molecule has 2 rings (SSSR count). The summed E-state index contributed by atoms with van der Waals surface area (Å²) in [6, 6.07) is 8.44. The van der Waals surface area contributed by atoms with Gasteiger partial charge < -0.3 is 4.74 Å². The SMILES string of the molecule is CCCCc1ccc(-n2nnnc2SCCOC)cc1. The molecule has 20 heavy (non-hydrogen) atoms. The van der Waals surface area contributed by atoms with E-state index in [2.05, 4.69) is 46.7 Å². The van der Waals surface area contributed by atoms with Crippen LogP contribution in [0.15, 0.2) is 29.4 Å². The van der Waals surface area contributed by atoms with E-state index >= 15 is 0 Å². The molecular formula is C14H20N4OS. The van der Waals surface area contributed by atoms with Gasteiger partial charge >= 0.3 is 0 Å². The average molecular weight is 292 g/mol. The minimum atomic E-state index is 0.688. The first-order chi connectivity index (χ1) is 9.85. The van der Waals surface area contributed by atoms with Crippen LogP contribution in [0.3, 0.4) is 0 Å². The fraction of sp³-hybridized carbons (Fsp3) is 0.500. The smallest absolute Gasteiger partial charge is 0.214 e. The van der Waals surface area contributed by atoms with Crippen LogP contribution < -0.4 is 0 Å². The van der Waals surface area contributed by atoms with Gasteiger partial charge in [-0.3, -0.25) is 0 Å². The van der Waals surface area contributed by atoms with Crippen molar-refractivity contribution < 1.29 is 4.74 Å². The van der Waals surface area contributed by atoms with Gasteiger partial charge in [0.1, 0.15) is 0 Å². The predicted molar refractivity (Wildman–Crippen MR) is 80.4 cm³/mol. The molecule has 5 nitrogen and oxygen atoms in total. The zero-order valence-electron chi connectivity index (χ0n) is 12.0. The fourth-order valence-corrected chi connectivity index (χ4v) is 2.62. The lowest BCUT2D eigenvalue weighted by Gasteiger charge is -2.05. The topological polar surface area (TPSA) is 52.8 Å². The molecule has 1 aromatic carbocycles. The number of hydrogen-bond donors (Lipinski definition) is 0. The van der Waals surface area contributed by atoms with Gasteiger partial charge in [-0.1, -0.05) is 37.2 Å². The van der Waals surface area contributed by atoms with Crippen molar-refractivity contribution in [2.75, 3.05) is 19.5 Å². The molecule has 0 atom stereocenters. The van der Waals surface area contributed by atoms with Crippen LogP contribution in [0.4, 0.5) is 0 Å². The average Bonchev–Trinajstić information content (AvgIpc) is 2.94. The molecule has 0 saturated heterocycles. The Hall–Kier alpha value is -1.40. The van der Waals surface area contributed by atoms with Gasteiger partial charge in [-0.05, 0) is 41.0 Å². The molecule has 0 aliphatic rings. The molecule has 6 heteroatoms. The largest absolute Gasteiger partial charge is 0.384 e. The Morgan fingerprint density at radius 3 is 2.75 bits per heavy atom. The number of aryl methyl sites for hydroxylation is 1. The van der Waals surface area contributed by atoms with Crippen LogP contribution in [-0.4, -0.2) is 39.7 Å². The highest BCUT2D eigenvalue weighted by atomic mass is 32.2. The van der Waals surface area contributed by atoms with Crippen molar-refractivity contribution in [3.63, 3.8) is 0 Å². The van der Waals surface area contributed by atoms with E-state index in [1.54, 1.807) is 23.6 Å². The molecule has 0 aliphatic heterocycles. The second-order valence-electron chi connectivity index (χ2n) is 4.48. The molecule has 0 N–H and O–H groups in total. The van der Waals surface area contributed by atoms with E-state index in [1.807, 2.05) is 0 Å². The van der Waals surface area contributed by atoms with Crippen molar-refractivity contribution in [3.05, 3.63) is 29.8 Å². The third kappa shape index (κ3) is 4.05. The Balaban J connectivity index is 2.05. The van der Waals surface area contributed by atoms with Crippen molar-refractivity contribution in [3.8, 4) is 5.69 Å². The van der Waals surface area contributed by atoms with Crippen LogP contribution in [-0.2, 0) is 11.2 Å². The summed E-state index contributed by atoms with van der Waals surface area (Å²) in [5, 5.41) is 12.6. The van der Waals surface area contributed by atoms with E-state index in [9.17, 15) is 0 Å². The Morgan fingerprint density at radius 2 is 2.05 bits per heavy atom. The van der Waals surface area contributed by atoms with Gasteiger partial charge in [0.05, 0.1) is 12.3 Å². The molecular weight excluding hydrogens is 272 g/mol. The number of thioether (sulfide) groups is 1. The van der Waals surface area contributed by atoms with Gasteiger partial charge in [0.15, 0.2) is 0 Å². The van der Waals surface area contributed by atoms with Crippen LogP contribution in [0.1, 0.15) is 25.3 Å². The van der Waals surface area contributed by atoms with Crippen molar-refractivity contribution in [1.82, 2.24) is 20.2 Å². The number of aromatic nitrogens is 4. The number of tetrazole rings is 1.